The largest absolute Gasteiger partial charge is 0.456 e. The first-order valence-electron chi connectivity index (χ1n) is 19.7. The molecule has 0 bridgehead atoms. The predicted octanol–water partition coefficient (Wildman–Crippen LogP) is 14.2. The number of rotatable bonds is 6. The van der Waals surface area contributed by atoms with Gasteiger partial charge in [0.1, 0.15) is 22.3 Å². The van der Waals surface area contributed by atoms with Gasteiger partial charge in [0.2, 0.25) is 0 Å². The first-order chi connectivity index (χ1) is 29.2. The van der Waals surface area contributed by atoms with E-state index in [1.54, 1.807) is 0 Å². The molecule has 2 aromatic heterocycles. The highest BCUT2D eigenvalue weighted by Crippen LogP contribution is 2.40. The van der Waals surface area contributed by atoms with Crippen molar-refractivity contribution in [2.75, 3.05) is 0 Å². The van der Waals surface area contributed by atoms with Gasteiger partial charge in [-0.3, -0.25) is 4.99 Å². The van der Waals surface area contributed by atoms with Crippen LogP contribution in [0.4, 0.5) is 0 Å². The summed E-state index contributed by atoms with van der Waals surface area (Å²) in [6.07, 6.45) is 0. The van der Waals surface area contributed by atoms with Crippen molar-refractivity contribution in [1.82, 2.24) is 0 Å². The van der Waals surface area contributed by atoms with E-state index in [4.69, 9.17) is 18.8 Å². The number of amidine groups is 2. The van der Waals surface area contributed by atoms with Crippen molar-refractivity contribution in [3.8, 4) is 22.3 Å². The fraction of sp³-hybridized carbons (Fsp3) is 0.0185. The minimum Gasteiger partial charge on any atom is -0.456 e. The van der Waals surface area contributed by atoms with Crippen LogP contribution in [0.15, 0.2) is 212 Å². The smallest absolute Gasteiger partial charge is 0.161 e. The summed E-state index contributed by atoms with van der Waals surface area (Å²) in [7, 11) is 0. The molecule has 5 nitrogen and oxygen atoms in total. The van der Waals surface area contributed by atoms with E-state index in [0.717, 1.165) is 82.5 Å². The standard InChI is InChI=1S/C54H35N3O2/c1-55-54(57-53(56-33-34-23-24-35-13-5-6-16-37(35)29-34)38-25-26-45-44-19-9-11-21-48(44)58-50(45)31-38)47-30-39(32-51-52(47)46-20-10-12-22-49(46)59-51)41-28-27-40(36-14-3-2-4-15-36)42-17-7-8-18-43(41)42/h2-32H,1,33H2/b56-53-,57-54-. The van der Waals surface area contributed by atoms with E-state index in [9.17, 15) is 0 Å². The molecule has 0 N–H and O–H groups in total. The Labute approximate surface area is 339 Å². The molecule has 0 saturated heterocycles. The normalized spacial score (nSPS) is 12.4. The van der Waals surface area contributed by atoms with Crippen LogP contribution in [0.2, 0.25) is 0 Å². The third-order valence-electron chi connectivity index (χ3n) is 11.3. The number of hydrogen-bond donors (Lipinski definition) is 0. The Morgan fingerprint density at radius 1 is 0.441 bits per heavy atom. The molecule has 0 atom stereocenters. The molecule has 0 radical (unpaired) electrons. The van der Waals surface area contributed by atoms with Crippen LogP contribution >= 0.6 is 0 Å². The lowest BCUT2D eigenvalue weighted by atomic mass is 9.90. The minimum absolute atomic E-state index is 0.413. The molecule has 9 aromatic carbocycles. The summed E-state index contributed by atoms with van der Waals surface area (Å²) in [6, 6.07) is 65.0. The molecular formula is C54H35N3O2. The van der Waals surface area contributed by atoms with Crippen molar-refractivity contribution in [1.29, 1.82) is 0 Å². The Bertz CT molecular complexity index is 3500. The van der Waals surface area contributed by atoms with Gasteiger partial charge >= 0.3 is 0 Å². The van der Waals surface area contributed by atoms with Gasteiger partial charge in [0, 0.05) is 32.7 Å². The van der Waals surface area contributed by atoms with Crippen molar-refractivity contribution >= 4 is 83.8 Å². The molecule has 59 heavy (non-hydrogen) atoms. The van der Waals surface area contributed by atoms with Crippen LogP contribution < -0.4 is 0 Å². The summed E-state index contributed by atoms with van der Waals surface area (Å²) in [5, 5.41) is 8.65. The highest BCUT2D eigenvalue weighted by atomic mass is 16.3. The first-order valence-corrected chi connectivity index (χ1v) is 19.7. The zero-order chi connectivity index (χ0) is 39.3. The summed E-state index contributed by atoms with van der Waals surface area (Å²) in [5.41, 5.74) is 10.2. The molecule has 11 aromatic rings. The van der Waals surface area contributed by atoms with E-state index in [-0.39, 0.29) is 0 Å². The van der Waals surface area contributed by atoms with Gasteiger partial charge < -0.3 is 8.83 Å². The molecule has 0 saturated carbocycles. The molecule has 0 spiro atoms. The van der Waals surface area contributed by atoms with Crippen LogP contribution in [-0.2, 0) is 6.54 Å². The van der Waals surface area contributed by atoms with Crippen LogP contribution in [0.5, 0.6) is 0 Å². The van der Waals surface area contributed by atoms with Crippen molar-refractivity contribution in [2.24, 2.45) is 15.0 Å². The SMILES string of the molecule is C=N/C(=N\C(=N/Cc1ccc2ccccc2c1)c1ccc2c(c1)oc1ccccc12)c1cc(-c2ccc(-c3ccccc3)c3ccccc23)cc2oc3ccccc3c12. The van der Waals surface area contributed by atoms with Crippen molar-refractivity contribution in [2.45, 2.75) is 6.54 Å². The predicted molar refractivity (Wildman–Crippen MR) is 246 cm³/mol. The van der Waals surface area contributed by atoms with E-state index in [2.05, 4.69) is 151 Å². The molecule has 0 aliphatic rings. The lowest BCUT2D eigenvalue weighted by Crippen LogP contribution is -2.06. The van der Waals surface area contributed by atoms with Gasteiger partial charge in [-0.2, -0.15) is 0 Å². The summed E-state index contributed by atoms with van der Waals surface area (Å²) in [4.78, 5) is 15.2. The summed E-state index contributed by atoms with van der Waals surface area (Å²) in [5.74, 6) is 0.961. The van der Waals surface area contributed by atoms with Crippen molar-refractivity contribution in [3.63, 3.8) is 0 Å². The van der Waals surface area contributed by atoms with E-state index >= 15 is 0 Å². The second-order valence-corrected chi connectivity index (χ2v) is 14.8. The molecular weight excluding hydrogens is 723 g/mol. The maximum absolute atomic E-state index is 6.60. The molecule has 0 unspecified atom stereocenters. The van der Waals surface area contributed by atoms with Crippen LogP contribution in [0, 0.1) is 0 Å². The number of aliphatic imine (C=N–C) groups is 3. The second-order valence-electron chi connectivity index (χ2n) is 14.8. The zero-order valence-electron chi connectivity index (χ0n) is 32.0. The third-order valence-corrected chi connectivity index (χ3v) is 11.3. The first kappa shape index (κ1) is 34.4. The highest BCUT2D eigenvalue weighted by Gasteiger charge is 2.20. The monoisotopic (exact) mass is 757 g/mol. The van der Waals surface area contributed by atoms with Gasteiger partial charge in [0.15, 0.2) is 11.7 Å². The number of furan rings is 2. The highest BCUT2D eigenvalue weighted by molar-refractivity contribution is 6.23. The fourth-order valence-electron chi connectivity index (χ4n) is 8.45. The number of fused-ring (bicyclic) bond motifs is 8. The minimum atomic E-state index is 0.413. The van der Waals surface area contributed by atoms with Gasteiger partial charge in [-0.1, -0.05) is 146 Å². The van der Waals surface area contributed by atoms with Gasteiger partial charge in [0.25, 0.3) is 0 Å². The Morgan fingerprint density at radius 3 is 1.85 bits per heavy atom. The molecule has 0 amide bonds. The van der Waals surface area contributed by atoms with Gasteiger partial charge in [-0.15, -0.1) is 0 Å². The average Bonchev–Trinajstić information content (AvgIpc) is 3.87. The van der Waals surface area contributed by atoms with Crippen LogP contribution in [0.1, 0.15) is 16.7 Å². The Morgan fingerprint density at radius 2 is 1.07 bits per heavy atom. The quantitative estimate of drug-likeness (QED) is 0.125. The number of nitrogens with zero attached hydrogens (tertiary/aromatic N) is 3. The Hall–Kier alpha value is -7.89. The molecule has 0 aliphatic carbocycles. The van der Waals surface area contributed by atoms with E-state index < -0.39 is 0 Å². The van der Waals surface area contributed by atoms with Crippen LogP contribution in [0.25, 0.3) is 87.7 Å². The van der Waals surface area contributed by atoms with Gasteiger partial charge in [-0.05, 0) is 98.5 Å². The number of para-hydroxylation sites is 2. The summed E-state index contributed by atoms with van der Waals surface area (Å²) in [6.45, 7) is 4.51. The molecule has 11 rings (SSSR count). The fourth-order valence-corrected chi connectivity index (χ4v) is 8.45. The van der Waals surface area contributed by atoms with Gasteiger partial charge in [-0.25, -0.2) is 9.98 Å². The lowest BCUT2D eigenvalue weighted by molar-refractivity contribution is 0.668. The molecule has 5 heteroatoms. The van der Waals surface area contributed by atoms with E-state index in [0.29, 0.717) is 18.2 Å². The molecule has 0 aliphatic heterocycles. The van der Waals surface area contributed by atoms with Crippen molar-refractivity contribution < 1.29 is 8.83 Å². The van der Waals surface area contributed by atoms with Crippen LogP contribution in [-0.4, -0.2) is 18.4 Å². The topological polar surface area (TPSA) is 63.4 Å². The number of hydrogen-bond acceptors (Lipinski definition) is 3. The molecule has 0 fully saturated rings. The van der Waals surface area contributed by atoms with Crippen molar-refractivity contribution in [3.05, 3.63) is 205 Å². The molecule has 2 heterocycles. The summed E-state index contributed by atoms with van der Waals surface area (Å²) >= 11 is 0. The summed E-state index contributed by atoms with van der Waals surface area (Å²) < 4.78 is 13.0. The molecule has 278 valence electrons. The zero-order valence-corrected chi connectivity index (χ0v) is 32.0. The Kier molecular flexibility index (Phi) is 8.30. The maximum Gasteiger partial charge on any atom is 0.161 e. The van der Waals surface area contributed by atoms with E-state index in [1.807, 2.05) is 48.5 Å². The average molecular weight is 758 g/mol. The second kappa shape index (κ2) is 14.2. The van der Waals surface area contributed by atoms with Gasteiger partial charge in [0.05, 0.1) is 6.54 Å². The van der Waals surface area contributed by atoms with Crippen LogP contribution in [0.3, 0.4) is 0 Å². The Balaban J connectivity index is 1.12. The number of benzene rings is 9. The lowest BCUT2D eigenvalue weighted by Gasteiger charge is -2.14. The maximum atomic E-state index is 6.60. The third kappa shape index (κ3) is 6.08. The van der Waals surface area contributed by atoms with E-state index in [1.165, 1.54) is 21.9 Å².